The van der Waals surface area contributed by atoms with Gasteiger partial charge in [-0.1, -0.05) is 12.1 Å². The second kappa shape index (κ2) is 14.8. The van der Waals surface area contributed by atoms with Crippen LogP contribution in [0, 0.1) is 0 Å². The summed E-state index contributed by atoms with van der Waals surface area (Å²) in [6.07, 6.45) is 2.29. The van der Waals surface area contributed by atoms with Gasteiger partial charge in [0.25, 0.3) is 0 Å². The maximum absolute atomic E-state index is 14.0. The fourth-order valence-corrected chi connectivity index (χ4v) is 5.88. The number of nitrogens with one attached hydrogen (secondary N) is 1. The van der Waals surface area contributed by atoms with Crippen molar-refractivity contribution in [2.75, 3.05) is 41.0 Å². The van der Waals surface area contributed by atoms with Crippen molar-refractivity contribution in [3.63, 3.8) is 0 Å². The lowest BCUT2D eigenvalue weighted by molar-refractivity contribution is -0.141. The summed E-state index contributed by atoms with van der Waals surface area (Å²) in [5, 5.41) is 17.6. The molecule has 13 heteroatoms. The van der Waals surface area contributed by atoms with Gasteiger partial charge in [0.05, 0.1) is 27.4 Å². The Kier molecular flexibility index (Phi) is 10.4. The smallest absolute Gasteiger partial charge is 0.248 e. The van der Waals surface area contributed by atoms with Crippen LogP contribution < -0.4 is 19.5 Å². The molecule has 2 aromatic heterocycles. The molecule has 0 radical (unpaired) electrons. The van der Waals surface area contributed by atoms with Gasteiger partial charge >= 0.3 is 0 Å². The molecule has 44 heavy (non-hydrogen) atoms. The Morgan fingerprint density at radius 3 is 2.59 bits per heavy atom. The average Bonchev–Trinajstić information content (AvgIpc) is 3.86. The first-order valence-electron chi connectivity index (χ1n) is 14.3. The van der Waals surface area contributed by atoms with E-state index in [1.54, 1.807) is 38.4 Å². The van der Waals surface area contributed by atoms with E-state index in [0.29, 0.717) is 42.6 Å². The largest absolute Gasteiger partial charge is 0.497 e. The molecule has 0 aliphatic carbocycles. The molecule has 2 unspecified atom stereocenters. The lowest BCUT2D eigenvalue weighted by Gasteiger charge is -2.31. The van der Waals surface area contributed by atoms with Crippen molar-refractivity contribution >= 4 is 23.2 Å². The van der Waals surface area contributed by atoms with Crippen molar-refractivity contribution in [3.8, 4) is 28.6 Å². The highest BCUT2D eigenvalue weighted by Crippen LogP contribution is 2.30. The molecule has 4 aromatic rings. The first-order chi connectivity index (χ1) is 21.5. The maximum Gasteiger partial charge on any atom is 0.248 e. The topological polar surface area (TPSA) is 130 Å². The van der Waals surface area contributed by atoms with Gasteiger partial charge in [0.1, 0.15) is 18.3 Å². The number of amides is 2. The van der Waals surface area contributed by atoms with E-state index < -0.39 is 6.04 Å². The van der Waals surface area contributed by atoms with Crippen LogP contribution >= 0.6 is 11.3 Å². The van der Waals surface area contributed by atoms with Gasteiger partial charge in [-0.15, -0.1) is 21.5 Å². The van der Waals surface area contributed by atoms with Crippen molar-refractivity contribution in [3.05, 3.63) is 70.4 Å². The lowest BCUT2D eigenvalue weighted by atomic mass is 10.1. The summed E-state index contributed by atoms with van der Waals surface area (Å²) in [4.78, 5) is 31.4. The molecule has 1 N–H and O–H groups in total. The van der Waals surface area contributed by atoms with Gasteiger partial charge in [0, 0.05) is 30.1 Å². The van der Waals surface area contributed by atoms with E-state index in [0.717, 1.165) is 28.8 Å². The van der Waals surface area contributed by atoms with Crippen LogP contribution in [0.2, 0.25) is 0 Å². The Morgan fingerprint density at radius 1 is 1.09 bits per heavy atom. The highest BCUT2D eigenvalue weighted by Gasteiger charge is 2.33. The maximum atomic E-state index is 14.0. The summed E-state index contributed by atoms with van der Waals surface area (Å²) in [6.45, 7) is 1.13. The van der Waals surface area contributed by atoms with Gasteiger partial charge in [0.15, 0.2) is 11.5 Å². The molecule has 2 amide bonds. The van der Waals surface area contributed by atoms with Crippen LogP contribution in [0.15, 0.2) is 60.0 Å². The summed E-state index contributed by atoms with van der Waals surface area (Å²) in [5.74, 6) is 1.69. The van der Waals surface area contributed by atoms with Crippen LogP contribution in [0.3, 0.4) is 0 Å². The molecule has 1 aliphatic rings. The Morgan fingerprint density at radius 2 is 1.91 bits per heavy atom. The first kappa shape index (κ1) is 31.0. The van der Waals surface area contributed by atoms with Crippen LogP contribution in [0.5, 0.6) is 17.2 Å². The highest BCUT2D eigenvalue weighted by atomic mass is 32.1. The third-order valence-corrected chi connectivity index (χ3v) is 8.31. The number of rotatable bonds is 14. The second-order valence-corrected chi connectivity index (χ2v) is 11.2. The standard InChI is InChI=1S/C31H36N6O6S/c1-40-23-11-9-22(10-12-23)30-33-35-37(34-30)20-28(38)36(15-14-21-8-13-25(41-2)26(18-21)42-3)29(27-7-5-17-44-27)31(39)32-19-24-6-4-16-43-24/h5,7-13,17-18,24,29H,4,6,14-16,19-20H2,1-3H3,(H,32,39). The number of carbonyl (C=O) groups excluding carboxylic acids is 2. The zero-order chi connectivity index (χ0) is 30.9. The number of nitrogens with zero attached hydrogens (tertiary/aromatic N) is 5. The van der Waals surface area contributed by atoms with Crippen LogP contribution in [0.4, 0.5) is 0 Å². The zero-order valence-corrected chi connectivity index (χ0v) is 25.8. The second-order valence-electron chi connectivity index (χ2n) is 10.2. The summed E-state index contributed by atoms with van der Waals surface area (Å²) in [7, 11) is 4.75. The van der Waals surface area contributed by atoms with Gasteiger partial charge in [0.2, 0.25) is 17.6 Å². The SMILES string of the molecule is COc1ccc(-c2nnn(CC(=O)N(CCc3ccc(OC)c(OC)c3)C(C(=O)NCC3CCCO3)c3cccs3)n2)cc1. The molecular formula is C31H36N6O6S. The number of methoxy groups -OCH3 is 3. The number of aromatic nitrogens is 4. The van der Waals surface area contributed by atoms with Crippen molar-refractivity contribution in [2.24, 2.45) is 0 Å². The summed E-state index contributed by atoms with van der Waals surface area (Å²) in [5.41, 5.74) is 1.66. The summed E-state index contributed by atoms with van der Waals surface area (Å²) >= 11 is 1.42. The van der Waals surface area contributed by atoms with Crippen molar-refractivity contribution in [1.29, 1.82) is 0 Å². The van der Waals surface area contributed by atoms with Gasteiger partial charge in [-0.2, -0.15) is 4.80 Å². The van der Waals surface area contributed by atoms with Gasteiger partial charge in [-0.05, 0) is 77.9 Å². The van der Waals surface area contributed by atoms with Gasteiger partial charge < -0.3 is 29.2 Å². The van der Waals surface area contributed by atoms with E-state index in [1.165, 1.54) is 16.1 Å². The average molecular weight is 621 g/mol. The molecule has 1 saturated heterocycles. The van der Waals surface area contributed by atoms with E-state index >= 15 is 0 Å². The number of hydrogen-bond acceptors (Lipinski definition) is 10. The molecule has 3 heterocycles. The van der Waals surface area contributed by atoms with E-state index in [9.17, 15) is 9.59 Å². The Balaban J connectivity index is 1.39. The number of tetrazole rings is 1. The van der Waals surface area contributed by atoms with Crippen molar-refractivity contribution < 1.29 is 28.5 Å². The van der Waals surface area contributed by atoms with Crippen molar-refractivity contribution in [2.45, 2.75) is 38.0 Å². The number of ether oxygens (including phenoxy) is 4. The van der Waals surface area contributed by atoms with E-state index in [-0.39, 0.29) is 31.0 Å². The van der Waals surface area contributed by atoms with Crippen LogP contribution in [0.1, 0.15) is 29.3 Å². The monoisotopic (exact) mass is 620 g/mol. The molecule has 12 nitrogen and oxygen atoms in total. The quantitative estimate of drug-likeness (QED) is 0.225. The molecule has 232 valence electrons. The van der Waals surface area contributed by atoms with Crippen LogP contribution in [-0.2, 0) is 27.3 Å². The third-order valence-electron chi connectivity index (χ3n) is 7.39. The van der Waals surface area contributed by atoms with E-state index in [1.807, 2.05) is 47.8 Å². The highest BCUT2D eigenvalue weighted by molar-refractivity contribution is 7.10. The summed E-state index contributed by atoms with van der Waals surface area (Å²) in [6, 6.07) is 15.8. The van der Waals surface area contributed by atoms with E-state index in [4.69, 9.17) is 18.9 Å². The van der Waals surface area contributed by atoms with Crippen molar-refractivity contribution in [1.82, 2.24) is 30.4 Å². The first-order valence-corrected chi connectivity index (χ1v) is 15.2. The van der Waals surface area contributed by atoms with Gasteiger partial charge in [-0.25, -0.2) is 0 Å². The molecule has 1 aliphatic heterocycles. The normalized spacial score (nSPS) is 15.0. The third kappa shape index (κ3) is 7.53. The summed E-state index contributed by atoms with van der Waals surface area (Å²) < 4.78 is 21.8. The predicted octanol–water partition coefficient (Wildman–Crippen LogP) is 3.54. The number of hydrogen-bond donors (Lipinski definition) is 1. The fourth-order valence-electron chi connectivity index (χ4n) is 5.05. The molecule has 1 fully saturated rings. The molecule has 0 spiro atoms. The molecule has 5 rings (SSSR count). The number of carbonyl (C=O) groups is 2. The predicted molar refractivity (Wildman–Crippen MR) is 164 cm³/mol. The zero-order valence-electron chi connectivity index (χ0n) is 25.0. The minimum atomic E-state index is -0.853. The molecular weight excluding hydrogens is 584 g/mol. The van der Waals surface area contributed by atoms with Crippen LogP contribution in [-0.4, -0.2) is 84.1 Å². The van der Waals surface area contributed by atoms with E-state index in [2.05, 4.69) is 20.7 Å². The minimum absolute atomic E-state index is 0.0328. The minimum Gasteiger partial charge on any atom is -0.497 e. The van der Waals surface area contributed by atoms with Crippen LogP contribution in [0.25, 0.3) is 11.4 Å². The van der Waals surface area contributed by atoms with Gasteiger partial charge in [-0.3, -0.25) is 9.59 Å². The Labute approximate surface area is 259 Å². The molecule has 2 aromatic carbocycles. The molecule has 0 bridgehead atoms. The fraction of sp³-hybridized carbons (Fsp3) is 0.387. The Hall–Kier alpha value is -4.49. The molecule has 0 saturated carbocycles. The lowest BCUT2D eigenvalue weighted by Crippen LogP contribution is -2.47. The Bertz CT molecular complexity index is 1520. The molecule has 2 atom stereocenters. The number of thiophene rings is 1. The number of benzene rings is 2.